The van der Waals surface area contributed by atoms with Crippen molar-refractivity contribution in [2.45, 2.75) is 26.2 Å². The fraction of sp³-hybridized carbons (Fsp3) is 0.600. The molecule has 1 aromatic rings. The van der Waals surface area contributed by atoms with Gasteiger partial charge in [0, 0.05) is 11.0 Å². The Bertz CT molecular complexity index is 438. The number of benzene rings is 1. The first-order valence-corrected chi connectivity index (χ1v) is 6.48. The maximum absolute atomic E-state index is 5.88. The third-order valence-corrected chi connectivity index (χ3v) is 4.18. The van der Waals surface area contributed by atoms with Crippen LogP contribution < -0.4 is 10.5 Å². The Balaban J connectivity index is 2.55. The SMILES string of the molecule is COc1cc(C)cc(C)c1C1(C(C)CN)COC1. The summed E-state index contributed by atoms with van der Waals surface area (Å²) >= 11 is 0. The van der Waals surface area contributed by atoms with Gasteiger partial charge in [0.1, 0.15) is 5.75 Å². The van der Waals surface area contributed by atoms with E-state index in [1.54, 1.807) is 7.11 Å². The molecule has 1 aliphatic heterocycles. The highest BCUT2D eigenvalue weighted by Gasteiger charge is 2.47. The topological polar surface area (TPSA) is 44.5 Å². The van der Waals surface area contributed by atoms with Gasteiger partial charge in [-0.25, -0.2) is 0 Å². The molecule has 100 valence electrons. The van der Waals surface area contributed by atoms with Crippen molar-refractivity contribution in [3.8, 4) is 5.75 Å². The highest BCUT2D eigenvalue weighted by Crippen LogP contribution is 2.45. The summed E-state index contributed by atoms with van der Waals surface area (Å²) in [5.74, 6) is 1.36. The Morgan fingerprint density at radius 1 is 1.39 bits per heavy atom. The lowest BCUT2D eigenvalue weighted by atomic mass is 9.67. The van der Waals surface area contributed by atoms with E-state index in [4.69, 9.17) is 15.2 Å². The van der Waals surface area contributed by atoms with Gasteiger partial charge in [-0.15, -0.1) is 0 Å². The van der Waals surface area contributed by atoms with Crippen molar-refractivity contribution in [1.29, 1.82) is 0 Å². The van der Waals surface area contributed by atoms with E-state index in [0.717, 1.165) is 19.0 Å². The Morgan fingerprint density at radius 2 is 2.06 bits per heavy atom. The standard InChI is InChI=1S/C15H23NO2/c1-10-5-11(2)14(13(6-10)17-4)15(8-18-9-15)12(3)7-16/h5-6,12H,7-9,16H2,1-4H3. The molecule has 1 fully saturated rings. The summed E-state index contributed by atoms with van der Waals surface area (Å²) < 4.78 is 11.1. The lowest BCUT2D eigenvalue weighted by Crippen LogP contribution is -2.54. The van der Waals surface area contributed by atoms with Crippen molar-refractivity contribution in [1.82, 2.24) is 0 Å². The zero-order valence-corrected chi connectivity index (χ0v) is 11.7. The van der Waals surface area contributed by atoms with Crippen molar-refractivity contribution < 1.29 is 9.47 Å². The van der Waals surface area contributed by atoms with E-state index in [1.807, 2.05) is 0 Å². The fourth-order valence-corrected chi connectivity index (χ4v) is 2.95. The van der Waals surface area contributed by atoms with Gasteiger partial charge in [0.15, 0.2) is 0 Å². The molecule has 1 atom stereocenters. The van der Waals surface area contributed by atoms with Gasteiger partial charge in [-0.3, -0.25) is 0 Å². The smallest absolute Gasteiger partial charge is 0.123 e. The Labute approximate surface area is 109 Å². The number of methoxy groups -OCH3 is 1. The molecule has 0 aromatic heterocycles. The number of nitrogens with two attached hydrogens (primary N) is 1. The molecule has 0 bridgehead atoms. The summed E-state index contributed by atoms with van der Waals surface area (Å²) in [6, 6.07) is 4.31. The van der Waals surface area contributed by atoms with E-state index in [0.29, 0.717) is 12.5 Å². The van der Waals surface area contributed by atoms with E-state index in [1.165, 1.54) is 16.7 Å². The normalized spacial score (nSPS) is 19.2. The van der Waals surface area contributed by atoms with Gasteiger partial charge in [0.05, 0.1) is 20.3 Å². The van der Waals surface area contributed by atoms with Gasteiger partial charge in [0.2, 0.25) is 0 Å². The predicted molar refractivity (Wildman–Crippen MR) is 73.2 cm³/mol. The second-order valence-corrected chi connectivity index (χ2v) is 5.44. The summed E-state index contributed by atoms with van der Waals surface area (Å²) in [6.07, 6.45) is 0. The van der Waals surface area contributed by atoms with E-state index in [9.17, 15) is 0 Å². The van der Waals surface area contributed by atoms with Crippen LogP contribution in [-0.4, -0.2) is 26.9 Å². The quantitative estimate of drug-likeness (QED) is 0.889. The molecule has 0 aliphatic carbocycles. The molecule has 2 rings (SSSR count). The minimum Gasteiger partial charge on any atom is -0.496 e. The van der Waals surface area contributed by atoms with Crippen LogP contribution in [-0.2, 0) is 10.2 Å². The maximum atomic E-state index is 5.88. The molecule has 1 aliphatic rings. The summed E-state index contributed by atoms with van der Waals surface area (Å²) in [4.78, 5) is 0. The van der Waals surface area contributed by atoms with Crippen LogP contribution in [0.2, 0.25) is 0 Å². The van der Waals surface area contributed by atoms with Crippen molar-refractivity contribution in [3.05, 3.63) is 28.8 Å². The molecule has 0 saturated carbocycles. The van der Waals surface area contributed by atoms with E-state index in [-0.39, 0.29) is 5.41 Å². The van der Waals surface area contributed by atoms with E-state index in [2.05, 4.69) is 32.9 Å². The number of aryl methyl sites for hydroxylation is 2. The zero-order chi connectivity index (χ0) is 13.3. The number of hydrogen-bond donors (Lipinski definition) is 1. The third kappa shape index (κ3) is 1.91. The van der Waals surface area contributed by atoms with Gasteiger partial charge in [-0.05, 0) is 43.5 Å². The monoisotopic (exact) mass is 249 g/mol. The zero-order valence-electron chi connectivity index (χ0n) is 11.7. The van der Waals surface area contributed by atoms with Gasteiger partial charge >= 0.3 is 0 Å². The second-order valence-electron chi connectivity index (χ2n) is 5.44. The van der Waals surface area contributed by atoms with Crippen LogP contribution in [0, 0.1) is 19.8 Å². The Morgan fingerprint density at radius 3 is 2.50 bits per heavy atom. The molecule has 18 heavy (non-hydrogen) atoms. The maximum Gasteiger partial charge on any atom is 0.123 e. The van der Waals surface area contributed by atoms with Gasteiger partial charge < -0.3 is 15.2 Å². The van der Waals surface area contributed by atoms with Gasteiger partial charge in [-0.2, -0.15) is 0 Å². The highest BCUT2D eigenvalue weighted by molar-refractivity contribution is 5.49. The van der Waals surface area contributed by atoms with Crippen molar-refractivity contribution in [2.75, 3.05) is 26.9 Å². The predicted octanol–water partition coefficient (Wildman–Crippen LogP) is 2.17. The summed E-state index contributed by atoms with van der Waals surface area (Å²) in [5, 5.41) is 0. The van der Waals surface area contributed by atoms with E-state index >= 15 is 0 Å². The summed E-state index contributed by atoms with van der Waals surface area (Å²) in [6.45, 7) is 8.59. The highest BCUT2D eigenvalue weighted by atomic mass is 16.5. The second kappa shape index (κ2) is 4.90. The van der Waals surface area contributed by atoms with Crippen LogP contribution in [0.15, 0.2) is 12.1 Å². The van der Waals surface area contributed by atoms with Crippen LogP contribution in [0.3, 0.4) is 0 Å². The van der Waals surface area contributed by atoms with Crippen LogP contribution >= 0.6 is 0 Å². The first kappa shape index (κ1) is 13.4. The first-order valence-electron chi connectivity index (χ1n) is 6.48. The molecule has 1 unspecified atom stereocenters. The molecule has 1 aromatic carbocycles. The summed E-state index contributed by atoms with van der Waals surface area (Å²) in [7, 11) is 1.73. The molecule has 1 saturated heterocycles. The van der Waals surface area contributed by atoms with E-state index < -0.39 is 0 Å². The number of rotatable bonds is 4. The molecular formula is C15H23NO2. The number of ether oxygens (including phenoxy) is 2. The molecule has 3 nitrogen and oxygen atoms in total. The minimum absolute atomic E-state index is 0.0257. The molecule has 0 amide bonds. The first-order chi connectivity index (χ1) is 8.55. The van der Waals surface area contributed by atoms with Crippen LogP contribution in [0.25, 0.3) is 0 Å². The molecule has 3 heteroatoms. The lowest BCUT2D eigenvalue weighted by molar-refractivity contribution is -0.0865. The van der Waals surface area contributed by atoms with Gasteiger partial charge in [-0.1, -0.05) is 13.0 Å². The molecule has 0 spiro atoms. The van der Waals surface area contributed by atoms with Crippen LogP contribution in [0.1, 0.15) is 23.6 Å². The third-order valence-electron chi connectivity index (χ3n) is 4.18. The van der Waals surface area contributed by atoms with Gasteiger partial charge in [0.25, 0.3) is 0 Å². The Hall–Kier alpha value is -1.06. The van der Waals surface area contributed by atoms with Crippen LogP contribution in [0.4, 0.5) is 0 Å². The average molecular weight is 249 g/mol. The average Bonchev–Trinajstić information content (AvgIpc) is 2.29. The largest absolute Gasteiger partial charge is 0.496 e. The summed E-state index contributed by atoms with van der Waals surface area (Å²) in [5.41, 5.74) is 9.68. The fourth-order valence-electron chi connectivity index (χ4n) is 2.95. The molecular weight excluding hydrogens is 226 g/mol. The van der Waals surface area contributed by atoms with Crippen molar-refractivity contribution in [2.24, 2.45) is 11.7 Å². The minimum atomic E-state index is 0.0257. The number of hydrogen-bond acceptors (Lipinski definition) is 3. The van der Waals surface area contributed by atoms with Crippen molar-refractivity contribution >= 4 is 0 Å². The molecule has 2 N–H and O–H groups in total. The Kier molecular flexibility index (Phi) is 3.64. The van der Waals surface area contributed by atoms with Crippen LogP contribution in [0.5, 0.6) is 5.75 Å². The molecule has 1 heterocycles. The lowest BCUT2D eigenvalue weighted by Gasteiger charge is -2.47. The van der Waals surface area contributed by atoms with Crippen molar-refractivity contribution in [3.63, 3.8) is 0 Å². The molecule has 0 radical (unpaired) electrons.